The molecule has 0 radical (unpaired) electrons. The van der Waals surface area contributed by atoms with Crippen LogP contribution in [0.1, 0.15) is 42.5 Å². The van der Waals surface area contributed by atoms with E-state index in [1.807, 2.05) is 51.1 Å². The summed E-state index contributed by atoms with van der Waals surface area (Å²) >= 11 is 0. The molecule has 0 bridgehead atoms. The highest BCUT2D eigenvalue weighted by Crippen LogP contribution is 2.40. The fourth-order valence-corrected chi connectivity index (χ4v) is 5.79. The molecular weight excluding hydrogens is 582 g/mol. The Morgan fingerprint density at radius 2 is 1.80 bits per heavy atom. The van der Waals surface area contributed by atoms with Crippen molar-refractivity contribution in [3.8, 4) is 17.2 Å². The Bertz CT molecular complexity index is 1790. The summed E-state index contributed by atoms with van der Waals surface area (Å²) < 4.78 is 45.9. The lowest BCUT2D eigenvalue weighted by atomic mass is 9.86. The van der Waals surface area contributed by atoms with Gasteiger partial charge in [-0.3, -0.25) is 19.4 Å². The van der Waals surface area contributed by atoms with Crippen LogP contribution in [-0.2, 0) is 33.8 Å². The standard InChI is InChI=1S/C32H39N5O6S/c1-32(2,3)22-17-25(30(41-5)26(18-22)35-44(6,39)40)34-31(38)27-16-21-8-7-9-28(29(21)36(27)4)43-24-10-11-33-23(19-24)20-37-12-14-42-15-13-37/h7-11,16-19,35H,12-15,20H2,1-6H3,(H,34,38). The van der Waals surface area contributed by atoms with Gasteiger partial charge in [-0.2, -0.15) is 0 Å². The van der Waals surface area contributed by atoms with E-state index in [9.17, 15) is 13.2 Å². The number of sulfonamides is 1. The van der Waals surface area contributed by atoms with Gasteiger partial charge >= 0.3 is 0 Å². The molecule has 44 heavy (non-hydrogen) atoms. The van der Waals surface area contributed by atoms with E-state index >= 15 is 0 Å². The Balaban J connectivity index is 1.45. The third kappa shape index (κ3) is 7.15. The number of carbonyl (C=O) groups is 1. The molecule has 4 aromatic rings. The maximum Gasteiger partial charge on any atom is 0.272 e. The van der Waals surface area contributed by atoms with Crippen LogP contribution in [0.5, 0.6) is 17.2 Å². The number of rotatable bonds is 9. The largest absolute Gasteiger partial charge is 0.492 e. The molecule has 3 heterocycles. The molecule has 12 heteroatoms. The number of anilines is 2. The van der Waals surface area contributed by atoms with Crippen molar-refractivity contribution in [2.45, 2.75) is 32.7 Å². The van der Waals surface area contributed by atoms with Crippen LogP contribution in [0.25, 0.3) is 10.9 Å². The Labute approximate surface area is 258 Å². The van der Waals surface area contributed by atoms with Gasteiger partial charge in [0.1, 0.15) is 11.4 Å². The van der Waals surface area contributed by atoms with E-state index < -0.39 is 10.0 Å². The maximum absolute atomic E-state index is 13.7. The molecule has 2 N–H and O–H groups in total. The molecule has 1 fully saturated rings. The van der Waals surface area contributed by atoms with Gasteiger partial charge < -0.3 is 24.1 Å². The maximum atomic E-state index is 13.7. The molecule has 0 unspecified atom stereocenters. The fraction of sp³-hybridized carbons (Fsp3) is 0.375. The molecule has 2 aromatic heterocycles. The van der Waals surface area contributed by atoms with Gasteiger partial charge in [-0.1, -0.05) is 32.9 Å². The number of fused-ring (bicyclic) bond motifs is 1. The summed E-state index contributed by atoms with van der Waals surface area (Å²) in [6.07, 6.45) is 2.81. The second kappa shape index (κ2) is 12.5. The van der Waals surface area contributed by atoms with Crippen molar-refractivity contribution in [1.82, 2.24) is 14.5 Å². The third-order valence-electron chi connectivity index (χ3n) is 7.46. The minimum absolute atomic E-state index is 0.213. The van der Waals surface area contributed by atoms with E-state index in [2.05, 4.69) is 19.9 Å². The molecule has 0 aliphatic carbocycles. The van der Waals surface area contributed by atoms with Crippen molar-refractivity contribution in [2.75, 3.05) is 49.7 Å². The molecule has 0 atom stereocenters. The summed E-state index contributed by atoms with van der Waals surface area (Å²) in [7, 11) is -0.369. The van der Waals surface area contributed by atoms with Gasteiger partial charge in [-0.15, -0.1) is 0 Å². The first-order valence-electron chi connectivity index (χ1n) is 14.4. The number of ether oxygens (including phenoxy) is 3. The van der Waals surface area contributed by atoms with Crippen LogP contribution < -0.4 is 19.5 Å². The molecule has 1 aliphatic rings. The second-order valence-corrected chi connectivity index (χ2v) is 13.7. The van der Waals surface area contributed by atoms with Crippen LogP contribution in [0.3, 0.4) is 0 Å². The Hall–Kier alpha value is -4.13. The number of morpholine rings is 1. The number of aryl methyl sites for hydroxylation is 1. The number of para-hydroxylation sites is 1. The monoisotopic (exact) mass is 621 g/mol. The van der Waals surface area contributed by atoms with Crippen molar-refractivity contribution in [3.63, 3.8) is 0 Å². The summed E-state index contributed by atoms with van der Waals surface area (Å²) in [5.41, 5.74) is 3.12. The lowest BCUT2D eigenvalue weighted by molar-refractivity contribution is 0.0336. The molecule has 1 aliphatic heterocycles. The minimum atomic E-state index is -3.61. The van der Waals surface area contributed by atoms with Gasteiger partial charge in [0.05, 0.1) is 49.2 Å². The number of benzene rings is 2. The lowest BCUT2D eigenvalue weighted by Gasteiger charge is -2.26. The van der Waals surface area contributed by atoms with Crippen molar-refractivity contribution in [3.05, 3.63) is 71.7 Å². The van der Waals surface area contributed by atoms with Crippen LogP contribution in [0, 0.1) is 0 Å². The quantitative estimate of drug-likeness (QED) is 0.264. The normalized spacial score (nSPS) is 14.4. The molecule has 0 spiro atoms. The number of hydrogen-bond donors (Lipinski definition) is 2. The molecule has 0 saturated carbocycles. The van der Waals surface area contributed by atoms with Crippen LogP contribution in [0.15, 0.2) is 54.7 Å². The summed E-state index contributed by atoms with van der Waals surface area (Å²) in [6.45, 7) is 9.88. The first-order chi connectivity index (χ1) is 20.8. The predicted octanol–water partition coefficient (Wildman–Crippen LogP) is 5.13. The zero-order valence-electron chi connectivity index (χ0n) is 25.9. The smallest absolute Gasteiger partial charge is 0.272 e. The third-order valence-corrected chi connectivity index (χ3v) is 8.05. The van der Waals surface area contributed by atoms with Crippen molar-refractivity contribution < 1.29 is 27.4 Å². The fourth-order valence-electron chi connectivity index (χ4n) is 5.24. The summed E-state index contributed by atoms with van der Waals surface area (Å²) in [6, 6.07) is 14.7. The van der Waals surface area contributed by atoms with Crippen molar-refractivity contribution in [2.24, 2.45) is 7.05 Å². The van der Waals surface area contributed by atoms with Crippen molar-refractivity contribution >= 4 is 38.2 Å². The van der Waals surface area contributed by atoms with Crippen LogP contribution in [0.2, 0.25) is 0 Å². The SMILES string of the molecule is COc1c(NC(=O)c2cc3cccc(Oc4ccnc(CN5CCOCC5)c4)c3n2C)cc(C(C)(C)C)cc1NS(C)(=O)=O. The lowest BCUT2D eigenvalue weighted by Crippen LogP contribution is -2.35. The highest BCUT2D eigenvalue weighted by Gasteiger charge is 2.24. The van der Waals surface area contributed by atoms with E-state index in [0.29, 0.717) is 29.4 Å². The van der Waals surface area contributed by atoms with Gasteiger partial charge in [0.25, 0.3) is 5.91 Å². The topological polar surface area (TPSA) is 124 Å². The van der Waals surface area contributed by atoms with Crippen LogP contribution >= 0.6 is 0 Å². The Morgan fingerprint density at radius 3 is 2.48 bits per heavy atom. The molecule has 1 amide bonds. The summed E-state index contributed by atoms with van der Waals surface area (Å²) in [4.78, 5) is 20.6. The van der Waals surface area contributed by atoms with E-state index in [-0.39, 0.29) is 22.8 Å². The number of nitrogens with one attached hydrogen (secondary N) is 2. The van der Waals surface area contributed by atoms with E-state index in [0.717, 1.165) is 54.7 Å². The Morgan fingerprint density at radius 1 is 1.07 bits per heavy atom. The van der Waals surface area contributed by atoms with E-state index in [4.69, 9.17) is 14.2 Å². The number of carbonyl (C=O) groups excluding carboxylic acids is 1. The number of hydrogen-bond acceptors (Lipinski definition) is 8. The minimum Gasteiger partial charge on any atom is -0.492 e. The average Bonchev–Trinajstić information content (AvgIpc) is 3.29. The van der Waals surface area contributed by atoms with Crippen molar-refractivity contribution in [1.29, 1.82) is 0 Å². The van der Waals surface area contributed by atoms with Gasteiger partial charge in [-0.25, -0.2) is 8.42 Å². The first-order valence-corrected chi connectivity index (χ1v) is 16.2. The molecule has 1 saturated heterocycles. The highest BCUT2D eigenvalue weighted by molar-refractivity contribution is 7.92. The van der Waals surface area contributed by atoms with Gasteiger partial charge in [0.15, 0.2) is 11.5 Å². The second-order valence-electron chi connectivity index (χ2n) is 11.9. The molecule has 11 nitrogen and oxygen atoms in total. The van der Waals surface area contributed by atoms with Gasteiger partial charge in [-0.05, 0) is 41.3 Å². The molecular formula is C32H39N5O6S. The molecule has 234 valence electrons. The Kier molecular flexibility index (Phi) is 8.87. The van der Waals surface area contributed by atoms with Gasteiger partial charge in [0, 0.05) is 44.3 Å². The van der Waals surface area contributed by atoms with Crippen LogP contribution in [-0.4, -0.2) is 68.4 Å². The zero-order chi connectivity index (χ0) is 31.6. The average molecular weight is 622 g/mol. The number of methoxy groups -OCH3 is 1. The van der Waals surface area contributed by atoms with E-state index in [1.165, 1.54) is 7.11 Å². The number of pyridine rings is 1. The van der Waals surface area contributed by atoms with Gasteiger partial charge in [0.2, 0.25) is 10.0 Å². The number of nitrogens with zero attached hydrogens (tertiary/aromatic N) is 3. The number of aromatic nitrogens is 2. The summed E-state index contributed by atoms with van der Waals surface area (Å²) in [5, 5.41) is 3.78. The molecule has 5 rings (SSSR count). The zero-order valence-corrected chi connectivity index (χ0v) is 26.7. The number of amides is 1. The first kappa shape index (κ1) is 31.3. The van der Waals surface area contributed by atoms with E-state index in [1.54, 1.807) is 36.0 Å². The summed E-state index contributed by atoms with van der Waals surface area (Å²) in [5.74, 6) is 1.07. The molecule has 2 aromatic carbocycles. The van der Waals surface area contributed by atoms with Crippen LogP contribution in [0.4, 0.5) is 11.4 Å². The highest BCUT2D eigenvalue weighted by atomic mass is 32.2. The predicted molar refractivity (Wildman–Crippen MR) is 171 cm³/mol.